The van der Waals surface area contributed by atoms with Crippen molar-refractivity contribution < 1.29 is 17.6 Å². The van der Waals surface area contributed by atoms with Crippen LogP contribution < -0.4 is 10.0 Å². The van der Waals surface area contributed by atoms with Crippen molar-refractivity contribution >= 4 is 21.6 Å². The van der Waals surface area contributed by atoms with E-state index in [2.05, 4.69) is 10.0 Å². The monoisotopic (exact) mass is 424 g/mol. The number of halogens is 1. The van der Waals surface area contributed by atoms with E-state index in [0.717, 1.165) is 18.4 Å². The molecule has 0 spiro atoms. The minimum Gasteiger partial charge on any atom is -0.345 e. The quantitative estimate of drug-likeness (QED) is 0.586. The normalized spacial score (nSPS) is 14.7. The van der Waals surface area contributed by atoms with Gasteiger partial charge in [0.05, 0.1) is 16.6 Å². The molecule has 5 nitrogen and oxygen atoms in total. The molecule has 1 aliphatic rings. The van der Waals surface area contributed by atoms with Crippen molar-refractivity contribution in [2.24, 2.45) is 5.92 Å². The smallest absolute Gasteiger partial charge is 0.262 e. The number of nitrogens with one attached hydrogen (secondary N) is 2. The van der Waals surface area contributed by atoms with Crippen LogP contribution in [0.25, 0.3) is 0 Å². The van der Waals surface area contributed by atoms with E-state index in [1.807, 2.05) is 30.3 Å². The Morgan fingerprint density at radius 1 is 0.933 bits per heavy atom. The lowest BCUT2D eigenvalue weighted by molar-refractivity contribution is 0.0931. The molecule has 1 unspecified atom stereocenters. The van der Waals surface area contributed by atoms with Crippen LogP contribution in [0.5, 0.6) is 0 Å². The zero-order chi connectivity index (χ0) is 21.1. The number of benzene rings is 3. The molecule has 3 aromatic rings. The predicted octanol–water partition coefficient (Wildman–Crippen LogP) is 4.51. The van der Waals surface area contributed by atoms with Gasteiger partial charge in [0, 0.05) is 5.56 Å². The first-order valence-corrected chi connectivity index (χ1v) is 11.2. The second kappa shape index (κ2) is 8.28. The number of hydrogen-bond acceptors (Lipinski definition) is 3. The number of hydrogen-bond donors (Lipinski definition) is 2. The first kappa shape index (κ1) is 20.1. The molecule has 0 saturated heterocycles. The standard InChI is InChI=1S/C23H21FN2O3S/c24-20-11-4-5-12-21(20)26-30(28,29)19-10-6-9-18(15-19)23(27)25-22(17-13-14-17)16-7-2-1-3-8-16/h1-12,15,17,22,26H,13-14H2,(H,25,27). The van der Waals surface area contributed by atoms with E-state index in [1.54, 1.807) is 6.07 Å². The molecule has 4 rings (SSSR count). The maximum absolute atomic E-state index is 13.8. The molecule has 0 aromatic heterocycles. The molecule has 1 aliphatic carbocycles. The van der Waals surface area contributed by atoms with E-state index in [4.69, 9.17) is 0 Å². The van der Waals surface area contributed by atoms with Gasteiger partial charge in [0.15, 0.2) is 0 Å². The highest BCUT2D eigenvalue weighted by atomic mass is 32.2. The van der Waals surface area contributed by atoms with Gasteiger partial charge in [0.1, 0.15) is 5.82 Å². The number of para-hydroxylation sites is 1. The van der Waals surface area contributed by atoms with Crippen molar-refractivity contribution in [1.82, 2.24) is 5.32 Å². The highest BCUT2D eigenvalue weighted by Crippen LogP contribution is 2.41. The van der Waals surface area contributed by atoms with Gasteiger partial charge in [-0.15, -0.1) is 0 Å². The van der Waals surface area contributed by atoms with Crippen molar-refractivity contribution in [3.8, 4) is 0 Å². The van der Waals surface area contributed by atoms with Crippen LogP contribution in [0.3, 0.4) is 0 Å². The zero-order valence-corrected chi connectivity index (χ0v) is 16.9. The van der Waals surface area contributed by atoms with E-state index in [0.29, 0.717) is 5.92 Å². The summed E-state index contributed by atoms with van der Waals surface area (Å²) < 4.78 is 41.4. The number of rotatable bonds is 7. The molecule has 1 atom stereocenters. The van der Waals surface area contributed by atoms with Gasteiger partial charge in [-0.25, -0.2) is 12.8 Å². The van der Waals surface area contributed by atoms with Gasteiger partial charge in [0.25, 0.3) is 15.9 Å². The summed E-state index contributed by atoms with van der Waals surface area (Å²) in [6.45, 7) is 0. The second-order valence-electron chi connectivity index (χ2n) is 7.31. The molecule has 30 heavy (non-hydrogen) atoms. The lowest BCUT2D eigenvalue weighted by Gasteiger charge is -2.19. The molecule has 1 fully saturated rings. The fourth-order valence-corrected chi connectivity index (χ4v) is 4.45. The molecular formula is C23H21FN2O3S. The third kappa shape index (κ3) is 4.52. The SMILES string of the molecule is O=C(NC(c1ccccc1)C1CC1)c1cccc(S(=O)(=O)Nc2ccccc2F)c1. The van der Waals surface area contributed by atoms with E-state index in [1.165, 1.54) is 42.5 Å². The molecule has 154 valence electrons. The van der Waals surface area contributed by atoms with Gasteiger partial charge in [-0.05, 0) is 54.7 Å². The Balaban J connectivity index is 1.55. The van der Waals surface area contributed by atoms with Crippen molar-refractivity contribution in [3.63, 3.8) is 0 Å². The Morgan fingerprint density at radius 3 is 2.33 bits per heavy atom. The third-order valence-electron chi connectivity index (χ3n) is 5.06. The van der Waals surface area contributed by atoms with E-state index < -0.39 is 15.8 Å². The topological polar surface area (TPSA) is 75.3 Å². The molecule has 0 radical (unpaired) electrons. The summed E-state index contributed by atoms with van der Waals surface area (Å²) in [5, 5.41) is 3.03. The first-order chi connectivity index (χ1) is 14.4. The molecule has 1 saturated carbocycles. The fourth-order valence-electron chi connectivity index (χ4n) is 3.34. The van der Waals surface area contributed by atoms with Crippen molar-refractivity contribution in [1.29, 1.82) is 0 Å². The molecule has 2 N–H and O–H groups in total. The summed E-state index contributed by atoms with van der Waals surface area (Å²) in [6.07, 6.45) is 2.08. The van der Waals surface area contributed by atoms with Crippen molar-refractivity contribution in [2.45, 2.75) is 23.8 Å². The minimum absolute atomic E-state index is 0.110. The zero-order valence-electron chi connectivity index (χ0n) is 16.1. The van der Waals surface area contributed by atoms with Gasteiger partial charge < -0.3 is 5.32 Å². The lowest BCUT2D eigenvalue weighted by Crippen LogP contribution is -2.30. The van der Waals surface area contributed by atoms with Crippen molar-refractivity contribution in [2.75, 3.05) is 4.72 Å². The van der Waals surface area contributed by atoms with Crippen LogP contribution in [0.1, 0.15) is 34.8 Å². The van der Waals surface area contributed by atoms with Crippen LogP contribution in [-0.2, 0) is 10.0 Å². The Morgan fingerprint density at radius 2 is 1.63 bits per heavy atom. The molecule has 0 aliphatic heterocycles. The van der Waals surface area contributed by atoms with Gasteiger partial charge in [-0.2, -0.15) is 0 Å². The first-order valence-electron chi connectivity index (χ1n) is 9.67. The largest absolute Gasteiger partial charge is 0.345 e. The number of amides is 1. The van der Waals surface area contributed by atoms with E-state index in [9.17, 15) is 17.6 Å². The Kier molecular flexibility index (Phi) is 5.55. The summed E-state index contributed by atoms with van der Waals surface area (Å²) in [7, 11) is -4.05. The fraction of sp³-hybridized carbons (Fsp3) is 0.174. The number of carbonyl (C=O) groups is 1. The third-order valence-corrected chi connectivity index (χ3v) is 6.43. The Bertz CT molecular complexity index is 1160. The summed E-state index contributed by atoms with van der Waals surface area (Å²) in [5.41, 5.74) is 1.11. The number of anilines is 1. The van der Waals surface area contributed by atoms with Crippen LogP contribution in [0, 0.1) is 11.7 Å². The molecule has 3 aromatic carbocycles. The molecular weight excluding hydrogens is 403 g/mol. The maximum Gasteiger partial charge on any atom is 0.262 e. The van der Waals surface area contributed by atoms with E-state index >= 15 is 0 Å². The second-order valence-corrected chi connectivity index (χ2v) is 8.99. The summed E-state index contributed by atoms with van der Waals surface area (Å²) in [6, 6.07) is 20.9. The summed E-state index contributed by atoms with van der Waals surface area (Å²) in [4.78, 5) is 12.8. The highest BCUT2D eigenvalue weighted by Gasteiger charge is 2.33. The molecule has 1 amide bonds. The van der Waals surface area contributed by atoms with Crippen LogP contribution in [0.4, 0.5) is 10.1 Å². The van der Waals surface area contributed by atoms with Crippen molar-refractivity contribution in [3.05, 3.63) is 95.8 Å². The van der Waals surface area contributed by atoms with Gasteiger partial charge in [0.2, 0.25) is 0 Å². The lowest BCUT2D eigenvalue weighted by atomic mass is 10.0. The van der Waals surface area contributed by atoms with Crippen LogP contribution in [0.15, 0.2) is 83.8 Å². The van der Waals surface area contributed by atoms with Gasteiger partial charge in [-0.3, -0.25) is 9.52 Å². The Hall–Kier alpha value is -3.19. The maximum atomic E-state index is 13.8. The van der Waals surface area contributed by atoms with Crippen LogP contribution in [-0.4, -0.2) is 14.3 Å². The summed E-state index contributed by atoms with van der Waals surface area (Å²) >= 11 is 0. The van der Waals surface area contributed by atoms with Crippen LogP contribution >= 0.6 is 0 Å². The number of carbonyl (C=O) groups excluding carboxylic acids is 1. The average Bonchev–Trinajstić information content (AvgIpc) is 3.59. The molecule has 7 heteroatoms. The predicted molar refractivity (Wildman–Crippen MR) is 113 cm³/mol. The molecule has 0 heterocycles. The van der Waals surface area contributed by atoms with Gasteiger partial charge >= 0.3 is 0 Å². The molecule has 0 bridgehead atoms. The van der Waals surface area contributed by atoms with Gasteiger partial charge in [-0.1, -0.05) is 48.5 Å². The van der Waals surface area contributed by atoms with E-state index in [-0.39, 0.29) is 28.1 Å². The highest BCUT2D eigenvalue weighted by molar-refractivity contribution is 7.92. The minimum atomic E-state index is -4.05. The Labute approximate surface area is 175 Å². The summed E-state index contributed by atoms with van der Waals surface area (Å²) in [5.74, 6) is -0.644. The van der Waals surface area contributed by atoms with Crippen LogP contribution in [0.2, 0.25) is 0 Å². The number of sulfonamides is 1. The average molecular weight is 424 g/mol.